The molecule has 0 saturated heterocycles. The number of allylic oxidation sites excluding steroid dienone is 1. The predicted octanol–water partition coefficient (Wildman–Crippen LogP) is 5.89. The number of nitrogens with zero attached hydrogens (tertiary/aromatic N) is 2. The van der Waals surface area contributed by atoms with Crippen molar-refractivity contribution in [2.24, 2.45) is 0 Å². The van der Waals surface area contributed by atoms with E-state index < -0.39 is 0 Å². The first-order valence-corrected chi connectivity index (χ1v) is 12.4. The molecule has 0 radical (unpaired) electrons. The molecule has 1 heterocycles. The summed E-state index contributed by atoms with van der Waals surface area (Å²) in [5.41, 5.74) is 4.18. The summed E-state index contributed by atoms with van der Waals surface area (Å²) in [4.78, 5) is 26.0. The molecule has 0 aliphatic rings. The Hall–Kier alpha value is -2.99. The Morgan fingerprint density at radius 3 is 2.42 bits per heavy atom. The summed E-state index contributed by atoms with van der Waals surface area (Å²) >= 11 is 1.76. The lowest BCUT2D eigenvalue weighted by atomic mass is 10.1. The Bertz CT molecular complexity index is 1180. The van der Waals surface area contributed by atoms with E-state index in [9.17, 15) is 9.59 Å². The highest BCUT2D eigenvalue weighted by Gasteiger charge is 2.21. The van der Waals surface area contributed by atoms with Crippen molar-refractivity contribution in [3.05, 3.63) is 53.0 Å². The standard InChI is InChI=1S/C27H33N2O3S/c1-6-28(7-2)22-15-14-21(24(18-22)32-26(31)16-13-20(5)30)17-19(4)27-29(8-3)23-11-9-10-12-25(23)33-27/h9-12,14-15,17-18H,6-8,13,16H2,1-5H3/q+1. The van der Waals surface area contributed by atoms with Gasteiger partial charge in [-0.3, -0.25) is 4.79 Å². The number of anilines is 1. The third-order valence-electron chi connectivity index (χ3n) is 5.66. The maximum atomic E-state index is 12.5. The van der Waals surface area contributed by atoms with E-state index in [4.69, 9.17) is 4.74 Å². The van der Waals surface area contributed by atoms with E-state index in [1.165, 1.54) is 22.1 Å². The normalized spacial score (nSPS) is 11.6. The number of para-hydroxylation sites is 1. The maximum absolute atomic E-state index is 12.5. The van der Waals surface area contributed by atoms with E-state index >= 15 is 0 Å². The second kappa shape index (κ2) is 11.2. The minimum atomic E-state index is -0.389. The Kier molecular flexibility index (Phi) is 8.39. The van der Waals surface area contributed by atoms with Crippen LogP contribution in [-0.4, -0.2) is 24.8 Å². The molecule has 3 rings (SSSR count). The number of ether oxygens (including phenoxy) is 1. The van der Waals surface area contributed by atoms with Gasteiger partial charge >= 0.3 is 5.97 Å². The van der Waals surface area contributed by atoms with E-state index in [1.54, 1.807) is 11.3 Å². The van der Waals surface area contributed by atoms with Crippen LogP contribution in [0.1, 0.15) is 58.0 Å². The molecule has 0 atom stereocenters. The summed E-state index contributed by atoms with van der Waals surface area (Å²) < 4.78 is 9.32. The van der Waals surface area contributed by atoms with Crippen molar-refractivity contribution in [1.29, 1.82) is 0 Å². The first-order valence-electron chi connectivity index (χ1n) is 11.6. The highest BCUT2D eigenvalue weighted by molar-refractivity contribution is 7.19. The fourth-order valence-electron chi connectivity index (χ4n) is 3.91. The average molecular weight is 466 g/mol. The molecule has 0 aliphatic carbocycles. The number of esters is 1. The van der Waals surface area contributed by atoms with Crippen molar-refractivity contribution in [2.75, 3.05) is 18.0 Å². The molecule has 3 aromatic rings. The number of aryl methyl sites for hydroxylation is 1. The van der Waals surface area contributed by atoms with Crippen molar-refractivity contribution >= 4 is 50.6 Å². The lowest BCUT2D eigenvalue weighted by Gasteiger charge is -2.22. The fraction of sp³-hybridized carbons (Fsp3) is 0.370. The molecule has 0 aliphatic heterocycles. The monoisotopic (exact) mass is 465 g/mol. The highest BCUT2D eigenvalue weighted by Crippen LogP contribution is 2.32. The van der Waals surface area contributed by atoms with Gasteiger partial charge in [0.1, 0.15) is 22.8 Å². The van der Waals surface area contributed by atoms with Crippen LogP contribution in [0.15, 0.2) is 42.5 Å². The van der Waals surface area contributed by atoms with E-state index in [0.717, 1.165) is 36.5 Å². The second-order valence-corrected chi connectivity index (χ2v) is 9.05. The van der Waals surface area contributed by atoms with Crippen molar-refractivity contribution < 1.29 is 18.9 Å². The molecule has 2 aromatic carbocycles. The molecule has 6 heteroatoms. The first-order chi connectivity index (χ1) is 15.9. The van der Waals surface area contributed by atoms with Crippen molar-refractivity contribution in [3.8, 4) is 5.75 Å². The number of Topliss-reactive ketones (excluding diaryl/α,β-unsaturated/α-hetero) is 1. The molecule has 0 N–H and O–H groups in total. The third-order valence-corrected chi connectivity index (χ3v) is 6.96. The molecular weight excluding hydrogens is 432 g/mol. The minimum absolute atomic E-state index is 0.0197. The predicted molar refractivity (Wildman–Crippen MR) is 137 cm³/mol. The Labute approximate surface area is 200 Å². The molecule has 33 heavy (non-hydrogen) atoms. The number of hydrogen-bond donors (Lipinski definition) is 0. The van der Waals surface area contributed by atoms with Crippen LogP contribution in [-0.2, 0) is 16.1 Å². The summed E-state index contributed by atoms with van der Waals surface area (Å²) in [6.45, 7) is 12.5. The van der Waals surface area contributed by atoms with Crippen molar-refractivity contribution in [3.63, 3.8) is 0 Å². The van der Waals surface area contributed by atoms with Gasteiger partial charge in [0.05, 0.1) is 6.42 Å². The van der Waals surface area contributed by atoms with Gasteiger partial charge < -0.3 is 14.4 Å². The van der Waals surface area contributed by atoms with Gasteiger partial charge in [0.2, 0.25) is 5.52 Å². The van der Waals surface area contributed by atoms with Crippen LogP contribution in [0.4, 0.5) is 5.69 Å². The van der Waals surface area contributed by atoms with Gasteiger partial charge in [0.15, 0.2) is 0 Å². The van der Waals surface area contributed by atoms with Gasteiger partial charge in [0.25, 0.3) is 5.01 Å². The number of aromatic nitrogens is 1. The van der Waals surface area contributed by atoms with E-state index in [1.807, 2.05) is 12.1 Å². The molecule has 0 unspecified atom stereocenters. The number of thiazole rings is 1. The highest BCUT2D eigenvalue weighted by atomic mass is 32.1. The molecule has 0 bridgehead atoms. The fourth-order valence-corrected chi connectivity index (χ4v) is 5.10. The zero-order valence-electron chi connectivity index (χ0n) is 20.2. The van der Waals surface area contributed by atoms with Crippen LogP contribution in [0, 0.1) is 0 Å². The van der Waals surface area contributed by atoms with Crippen LogP contribution >= 0.6 is 11.3 Å². The Balaban J connectivity index is 2.02. The van der Waals surface area contributed by atoms with Gasteiger partial charge in [-0.2, -0.15) is 4.57 Å². The van der Waals surface area contributed by atoms with E-state index in [0.29, 0.717) is 5.75 Å². The molecular formula is C27H33N2O3S+. The second-order valence-electron chi connectivity index (χ2n) is 8.02. The third kappa shape index (κ3) is 5.88. The first kappa shape index (κ1) is 24.6. The average Bonchev–Trinajstić information content (AvgIpc) is 3.19. The van der Waals surface area contributed by atoms with Gasteiger partial charge in [-0.25, -0.2) is 0 Å². The molecule has 0 fully saturated rings. The van der Waals surface area contributed by atoms with Crippen LogP contribution in [0.3, 0.4) is 0 Å². The number of ketones is 1. The lowest BCUT2D eigenvalue weighted by Crippen LogP contribution is -2.34. The van der Waals surface area contributed by atoms with Gasteiger partial charge in [-0.05, 0) is 58.9 Å². The maximum Gasteiger partial charge on any atom is 0.311 e. The molecule has 0 amide bonds. The smallest absolute Gasteiger partial charge is 0.311 e. The number of benzene rings is 2. The number of carbonyl (C=O) groups excluding carboxylic acids is 2. The minimum Gasteiger partial charge on any atom is -0.426 e. The molecule has 0 spiro atoms. The van der Waals surface area contributed by atoms with E-state index in [-0.39, 0.29) is 24.6 Å². The van der Waals surface area contributed by atoms with Crippen molar-refractivity contribution in [2.45, 2.75) is 54.0 Å². The number of hydrogen-bond acceptors (Lipinski definition) is 5. The summed E-state index contributed by atoms with van der Waals surface area (Å²) in [7, 11) is 0. The van der Waals surface area contributed by atoms with Gasteiger partial charge in [0, 0.05) is 48.5 Å². The molecule has 0 saturated carbocycles. The Morgan fingerprint density at radius 1 is 1.03 bits per heavy atom. The Morgan fingerprint density at radius 2 is 1.76 bits per heavy atom. The lowest BCUT2D eigenvalue weighted by molar-refractivity contribution is -0.665. The number of carbonyl (C=O) groups is 2. The summed E-state index contributed by atoms with van der Waals surface area (Å²) in [6.07, 6.45) is 2.35. The van der Waals surface area contributed by atoms with Crippen molar-refractivity contribution in [1.82, 2.24) is 0 Å². The largest absolute Gasteiger partial charge is 0.426 e. The van der Waals surface area contributed by atoms with Crippen LogP contribution < -0.4 is 14.2 Å². The van der Waals surface area contributed by atoms with Crippen LogP contribution in [0.2, 0.25) is 0 Å². The topological polar surface area (TPSA) is 50.5 Å². The summed E-state index contributed by atoms with van der Waals surface area (Å²) in [5, 5.41) is 1.18. The quantitative estimate of drug-likeness (QED) is 0.213. The number of rotatable bonds is 10. The SMILES string of the molecule is CCN(CC)c1ccc(/C=C(\C)c2sc3ccccc3[n+]2CC)c(OC(=O)CCC(C)=O)c1. The molecule has 174 valence electrons. The van der Waals surface area contributed by atoms with Gasteiger partial charge in [-0.15, -0.1) is 0 Å². The number of fused-ring (bicyclic) bond motifs is 1. The molecule has 1 aromatic heterocycles. The zero-order valence-corrected chi connectivity index (χ0v) is 21.0. The summed E-state index contributed by atoms with van der Waals surface area (Å²) in [6, 6.07) is 14.4. The molecule has 5 nitrogen and oxygen atoms in total. The zero-order chi connectivity index (χ0) is 24.0. The van der Waals surface area contributed by atoms with Crippen LogP contribution in [0.5, 0.6) is 5.75 Å². The van der Waals surface area contributed by atoms with Gasteiger partial charge in [-0.1, -0.05) is 23.5 Å². The summed E-state index contributed by atoms with van der Waals surface area (Å²) in [5.74, 6) is 0.116. The van der Waals surface area contributed by atoms with E-state index in [2.05, 4.69) is 73.6 Å². The van der Waals surface area contributed by atoms with Crippen LogP contribution in [0.25, 0.3) is 21.9 Å².